The molecule has 8 aromatic rings. The van der Waals surface area contributed by atoms with Gasteiger partial charge in [-0.3, -0.25) is 0 Å². The Morgan fingerprint density at radius 2 is 1.10 bits per heavy atom. The Labute approximate surface area is 408 Å². The summed E-state index contributed by atoms with van der Waals surface area (Å²) in [7, 11) is -3.27. The van der Waals surface area contributed by atoms with Crippen LogP contribution in [0, 0.1) is 5.92 Å². The van der Waals surface area contributed by atoms with Crippen LogP contribution < -0.4 is 0 Å². The lowest BCUT2D eigenvalue weighted by molar-refractivity contribution is 0.255. The number of hydrogen-bond acceptors (Lipinski definition) is 12. The molecular formula is C52H58N8O4S4. The number of rotatable bonds is 11. The minimum Gasteiger partial charge on any atom is -0.306 e. The van der Waals surface area contributed by atoms with E-state index in [0.717, 1.165) is 118 Å². The highest BCUT2D eigenvalue weighted by Crippen LogP contribution is 2.39. The van der Waals surface area contributed by atoms with Gasteiger partial charge in [0.2, 0.25) is 0 Å². The summed E-state index contributed by atoms with van der Waals surface area (Å²) in [6.07, 6.45) is 14.2. The van der Waals surface area contributed by atoms with Gasteiger partial charge in [0.1, 0.15) is 0 Å². The highest BCUT2D eigenvalue weighted by atomic mass is 32.2. The van der Waals surface area contributed by atoms with Crippen LogP contribution in [0.15, 0.2) is 124 Å². The zero-order chi connectivity index (χ0) is 47.7. The van der Waals surface area contributed by atoms with Crippen molar-refractivity contribution in [2.24, 2.45) is 5.92 Å². The van der Waals surface area contributed by atoms with Crippen molar-refractivity contribution in [1.29, 1.82) is 0 Å². The van der Waals surface area contributed by atoms with E-state index in [-0.39, 0.29) is 9.79 Å². The van der Waals surface area contributed by atoms with Crippen LogP contribution in [-0.4, -0.2) is 94.8 Å². The third-order valence-electron chi connectivity index (χ3n) is 12.7. The molecule has 0 atom stereocenters. The van der Waals surface area contributed by atoms with E-state index in [1.165, 1.54) is 7.94 Å². The number of pyridine rings is 2. The number of benzene rings is 2. The molecule has 354 valence electrons. The Bertz CT molecular complexity index is 3300. The predicted octanol–water partition coefficient (Wildman–Crippen LogP) is 11.0. The maximum absolute atomic E-state index is 13.5. The minimum atomic E-state index is -3.80. The summed E-state index contributed by atoms with van der Waals surface area (Å²) >= 11 is 3.35. The van der Waals surface area contributed by atoms with Crippen LogP contribution in [0.1, 0.15) is 86.4 Å². The number of piperidine rings is 2. The van der Waals surface area contributed by atoms with E-state index in [1.807, 2.05) is 38.1 Å². The highest BCUT2D eigenvalue weighted by molar-refractivity contribution is 7.90. The number of thiazole rings is 2. The molecule has 12 nitrogen and oxygen atoms in total. The second-order valence-corrected chi connectivity index (χ2v) is 24.2. The van der Waals surface area contributed by atoms with Gasteiger partial charge in [-0.15, -0.1) is 22.7 Å². The summed E-state index contributed by atoms with van der Waals surface area (Å²) in [5.41, 5.74) is 7.30. The van der Waals surface area contributed by atoms with Gasteiger partial charge >= 0.3 is 0 Å². The third-order valence-corrected chi connectivity index (χ3v) is 18.1. The average Bonchev–Trinajstić information content (AvgIpc) is 4.16. The molecule has 0 saturated carbocycles. The zero-order valence-electron chi connectivity index (χ0n) is 39.4. The topological polar surface area (TPSA) is 136 Å². The van der Waals surface area contributed by atoms with Gasteiger partial charge in [-0.2, -0.15) is 0 Å². The molecule has 0 N–H and O–H groups in total. The molecule has 10 rings (SSSR count). The van der Waals surface area contributed by atoms with Crippen LogP contribution in [0.5, 0.6) is 0 Å². The first-order chi connectivity index (χ1) is 32.6. The molecule has 16 heteroatoms. The fourth-order valence-electron chi connectivity index (χ4n) is 9.11. The fourth-order valence-corrected chi connectivity index (χ4v) is 13.8. The summed E-state index contributed by atoms with van der Waals surface area (Å²) in [5, 5.41) is 8.00. The number of allylic oxidation sites excluding steroid dienone is 1. The molecule has 2 aromatic carbocycles. The molecule has 2 aliphatic heterocycles. The standard InChI is InChI=1S/C26H30N4O2S2.C26H28N4O2S2/c2*1-18(2)13-19-14-22-23(24-17-33-26(28-24)20-9-11-29(3)12-10-20)16-30(25(22)27-15-19)34(31,32)21-7-5-4-6-8-21/h4-8,14-18,20H,9-13H2,1-3H3;4-8,13-17,20H,9-12H2,1-3H3. The van der Waals surface area contributed by atoms with E-state index in [9.17, 15) is 16.8 Å². The number of nitrogens with zero attached hydrogens (tertiary/aromatic N) is 8. The van der Waals surface area contributed by atoms with E-state index >= 15 is 0 Å². The number of aromatic nitrogens is 6. The second kappa shape index (κ2) is 19.9. The summed E-state index contributed by atoms with van der Waals surface area (Å²) in [6, 6.07) is 21.1. The van der Waals surface area contributed by atoms with Crippen molar-refractivity contribution in [1.82, 2.24) is 37.7 Å². The van der Waals surface area contributed by atoms with Crippen molar-refractivity contribution < 1.29 is 16.8 Å². The summed E-state index contributed by atoms with van der Waals surface area (Å²) < 4.78 is 56.8. The normalized spacial score (nSPS) is 15.8. The Hall–Kier alpha value is -5.36. The smallest absolute Gasteiger partial charge is 0.269 e. The maximum Gasteiger partial charge on any atom is 0.269 e. The number of hydrogen-bond donors (Lipinski definition) is 0. The molecule has 0 unspecified atom stereocenters. The summed E-state index contributed by atoms with van der Waals surface area (Å²) in [6.45, 7) is 12.7. The molecule has 6 aromatic heterocycles. The second-order valence-electron chi connectivity index (χ2n) is 18.8. The SMILES string of the molecule is CC(C)=Cc1cnc2c(c1)c(-c1csc(C3CCN(C)CC3)n1)cn2S(=O)(=O)c1ccccc1.CC(C)Cc1cnc2c(c1)c(-c1csc(C3CCN(C)CC3)n1)cn2S(=O)(=O)c1ccccc1. The van der Waals surface area contributed by atoms with Gasteiger partial charge in [-0.1, -0.05) is 61.9 Å². The molecular weight excluding hydrogens is 929 g/mol. The molecule has 2 saturated heterocycles. The van der Waals surface area contributed by atoms with Crippen molar-refractivity contribution >= 4 is 70.9 Å². The third kappa shape index (κ3) is 10.0. The van der Waals surface area contributed by atoms with Crippen LogP contribution in [0.4, 0.5) is 0 Å². The molecule has 2 aliphatic rings. The van der Waals surface area contributed by atoms with Gasteiger partial charge in [-0.05, 0) is 140 Å². The largest absolute Gasteiger partial charge is 0.306 e. The van der Waals surface area contributed by atoms with Gasteiger partial charge in [0.15, 0.2) is 11.3 Å². The Balaban J connectivity index is 0.000000170. The molecule has 68 heavy (non-hydrogen) atoms. The minimum absolute atomic E-state index is 0.235. The lowest BCUT2D eigenvalue weighted by Crippen LogP contribution is -2.29. The van der Waals surface area contributed by atoms with E-state index in [1.54, 1.807) is 96.0 Å². The predicted molar refractivity (Wildman–Crippen MR) is 277 cm³/mol. The molecule has 2 fully saturated rings. The number of likely N-dealkylation sites (tertiary alicyclic amines) is 2. The van der Waals surface area contributed by atoms with E-state index in [4.69, 9.17) is 9.97 Å². The van der Waals surface area contributed by atoms with Crippen LogP contribution in [0.25, 0.3) is 50.7 Å². The van der Waals surface area contributed by atoms with Crippen LogP contribution >= 0.6 is 22.7 Å². The van der Waals surface area contributed by atoms with E-state index in [2.05, 4.69) is 64.5 Å². The van der Waals surface area contributed by atoms with Gasteiger partial charge in [-0.25, -0.2) is 44.7 Å². The van der Waals surface area contributed by atoms with Gasteiger partial charge in [0.05, 0.1) is 31.2 Å². The molecule has 8 heterocycles. The molecule has 0 bridgehead atoms. The average molecular weight is 987 g/mol. The lowest BCUT2D eigenvalue weighted by Gasteiger charge is -2.27. The first kappa shape index (κ1) is 47.7. The molecule has 0 spiro atoms. The van der Waals surface area contributed by atoms with E-state index < -0.39 is 20.0 Å². The van der Waals surface area contributed by atoms with E-state index in [0.29, 0.717) is 29.0 Å². The fraction of sp³-hybridized carbons (Fsp3) is 0.346. The van der Waals surface area contributed by atoms with Crippen LogP contribution in [0.3, 0.4) is 0 Å². The van der Waals surface area contributed by atoms with Crippen molar-refractivity contribution in [3.63, 3.8) is 0 Å². The lowest BCUT2D eigenvalue weighted by atomic mass is 9.98. The molecule has 0 aliphatic carbocycles. The van der Waals surface area contributed by atoms with Gasteiger partial charge in [0.25, 0.3) is 20.0 Å². The first-order valence-electron chi connectivity index (χ1n) is 23.2. The van der Waals surface area contributed by atoms with Crippen molar-refractivity contribution in [3.8, 4) is 22.5 Å². The first-order valence-corrected chi connectivity index (χ1v) is 27.9. The molecule has 0 radical (unpaired) electrons. The zero-order valence-corrected chi connectivity index (χ0v) is 42.7. The maximum atomic E-state index is 13.5. The monoisotopic (exact) mass is 986 g/mol. The highest BCUT2D eigenvalue weighted by Gasteiger charge is 2.28. The number of fused-ring (bicyclic) bond motifs is 2. The Kier molecular flexibility index (Phi) is 14.0. The van der Waals surface area contributed by atoms with Gasteiger partial charge < -0.3 is 9.80 Å². The van der Waals surface area contributed by atoms with Crippen molar-refractivity contribution in [3.05, 3.63) is 135 Å². The Morgan fingerprint density at radius 3 is 1.54 bits per heavy atom. The molecule has 0 amide bonds. The quantitative estimate of drug-likeness (QED) is 0.123. The van der Waals surface area contributed by atoms with Gasteiger partial charge in [0, 0.05) is 69.3 Å². The summed E-state index contributed by atoms with van der Waals surface area (Å²) in [5.74, 6) is 1.40. The summed E-state index contributed by atoms with van der Waals surface area (Å²) in [4.78, 5) is 24.4. The Morgan fingerprint density at radius 1 is 0.662 bits per heavy atom. The van der Waals surface area contributed by atoms with Crippen molar-refractivity contribution in [2.45, 2.75) is 81.4 Å². The van der Waals surface area contributed by atoms with Crippen molar-refractivity contribution in [2.75, 3.05) is 40.3 Å². The van der Waals surface area contributed by atoms with Crippen LogP contribution in [0.2, 0.25) is 0 Å². The van der Waals surface area contributed by atoms with Crippen LogP contribution in [-0.2, 0) is 26.5 Å².